The van der Waals surface area contributed by atoms with E-state index in [-0.39, 0.29) is 22.2 Å². The Hall–Kier alpha value is -3.09. The zero-order valence-corrected chi connectivity index (χ0v) is 18.5. The van der Waals surface area contributed by atoms with Gasteiger partial charge in [-0.2, -0.15) is 0 Å². The van der Waals surface area contributed by atoms with Gasteiger partial charge in [-0.05, 0) is 42.8 Å². The molecule has 0 spiro atoms. The maximum atomic E-state index is 13.3. The number of fused-ring (bicyclic) bond motifs is 1. The summed E-state index contributed by atoms with van der Waals surface area (Å²) in [4.78, 5) is 13.0. The Morgan fingerprint density at radius 1 is 0.968 bits per heavy atom. The average Bonchev–Trinajstić information content (AvgIpc) is 3.13. The van der Waals surface area contributed by atoms with Crippen molar-refractivity contribution in [3.05, 3.63) is 95.1 Å². The molecule has 0 radical (unpaired) electrons. The number of nitrogens with one attached hydrogen (secondary N) is 1. The van der Waals surface area contributed by atoms with Crippen LogP contribution in [-0.2, 0) is 27.7 Å². The average molecular weight is 453 g/mol. The highest BCUT2D eigenvalue weighted by atomic mass is 35.5. The van der Waals surface area contributed by atoms with E-state index < -0.39 is 9.84 Å². The highest BCUT2D eigenvalue weighted by molar-refractivity contribution is 7.91. The molecule has 0 unspecified atom stereocenters. The van der Waals surface area contributed by atoms with E-state index >= 15 is 0 Å². The minimum Gasteiger partial charge on any atom is -0.350 e. The maximum Gasteiger partial charge on any atom is 0.240 e. The second-order valence-corrected chi connectivity index (χ2v) is 9.71. The summed E-state index contributed by atoms with van der Waals surface area (Å²) in [5, 5.41) is 4.09. The number of aromatic nitrogens is 1. The number of nitrogens with zero attached hydrogens (tertiary/aromatic N) is 1. The Kier molecular flexibility index (Phi) is 5.85. The molecule has 3 aromatic carbocycles. The van der Waals surface area contributed by atoms with E-state index in [2.05, 4.69) is 5.32 Å². The number of carbonyl (C=O) groups is 1. The van der Waals surface area contributed by atoms with Crippen LogP contribution in [0.1, 0.15) is 11.1 Å². The quantitative estimate of drug-likeness (QED) is 0.459. The third-order valence-electron chi connectivity index (χ3n) is 5.09. The van der Waals surface area contributed by atoms with Crippen molar-refractivity contribution >= 4 is 38.2 Å². The molecule has 0 saturated carbocycles. The molecule has 1 N–H and O–H groups in total. The van der Waals surface area contributed by atoms with Crippen molar-refractivity contribution in [1.29, 1.82) is 0 Å². The summed E-state index contributed by atoms with van der Waals surface area (Å²) >= 11 is 5.89. The van der Waals surface area contributed by atoms with Gasteiger partial charge in [0.05, 0.1) is 9.79 Å². The number of hydrogen-bond donors (Lipinski definition) is 1. The van der Waals surface area contributed by atoms with Crippen LogP contribution in [0.15, 0.2) is 88.8 Å². The van der Waals surface area contributed by atoms with E-state index in [1.165, 1.54) is 0 Å². The normalized spacial score (nSPS) is 11.5. The minimum absolute atomic E-state index is 0.0114. The van der Waals surface area contributed by atoms with Gasteiger partial charge in [0.1, 0.15) is 6.54 Å². The van der Waals surface area contributed by atoms with Crippen LogP contribution in [0.3, 0.4) is 0 Å². The van der Waals surface area contributed by atoms with Crippen molar-refractivity contribution in [2.24, 2.45) is 0 Å². The monoisotopic (exact) mass is 452 g/mol. The summed E-state index contributed by atoms with van der Waals surface area (Å²) in [6.45, 7) is 2.28. The number of amides is 1. The van der Waals surface area contributed by atoms with Crippen molar-refractivity contribution in [2.45, 2.75) is 29.8 Å². The van der Waals surface area contributed by atoms with Crippen LogP contribution in [0.5, 0.6) is 0 Å². The molecule has 0 aliphatic carbocycles. The topological polar surface area (TPSA) is 68.2 Å². The van der Waals surface area contributed by atoms with Gasteiger partial charge in [-0.3, -0.25) is 4.79 Å². The van der Waals surface area contributed by atoms with Crippen molar-refractivity contribution in [3.8, 4) is 0 Å². The first-order valence-electron chi connectivity index (χ1n) is 9.75. The van der Waals surface area contributed by atoms with Gasteiger partial charge in [-0.15, -0.1) is 0 Å². The summed E-state index contributed by atoms with van der Waals surface area (Å²) in [5.41, 5.74) is 2.60. The van der Waals surface area contributed by atoms with Crippen molar-refractivity contribution < 1.29 is 13.2 Å². The number of benzene rings is 3. The molecule has 1 aromatic heterocycles. The van der Waals surface area contributed by atoms with Crippen LogP contribution in [-0.4, -0.2) is 18.9 Å². The molecule has 5 nitrogen and oxygen atoms in total. The van der Waals surface area contributed by atoms with E-state index in [4.69, 9.17) is 11.6 Å². The molecule has 0 atom stereocenters. The zero-order valence-electron chi connectivity index (χ0n) is 16.9. The van der Waals surface area contributed by atoms with Crippen molar-refractivity contribution in [1.82, 2.24) is 9.88 Å². The summed E-state index contributed by atoms with van der Waals surface area (Å²) in [6.07, 6.45) is 1.54. The second-order valence-electron chi connectivity index (χ2n) is 7.36. The van der Waals surface area contributed by atoms with Crippen LogP contribution in [0.25, 0.3) is 10.9 Å². The third-order valence-corrected chi connectivity index (χ3v) is 7.14. The van der Waals surface area contributed by atoms with Crippen molar-refractivity contribution in [3.63, 3.8) is 0 Å². The first-order chi connectivity index (χ1) is 14.8. The standard InChI is InChI=1S/C24H21ClN2O3S/c1-17-6-12-20(13-7-17)31(29,30)23-15-27(22-5-3-2-4-21(22)23)16-24(28)26-14-18-8-10-19(25)11-9-18/h2-13,15H,14,16H2,1H3,(H,26,28). The smallest absolute Gasteiger partial charge is 0.240 e. The van der Waals surface area contributed by atoms with Gasteiger partial charge in [0, 0.05) is 28.7 Å². The molecule has 1 heterocycles. The lowest BCUT2D eigenvalue weighted by molar-refractivity contribution is -0.121. The fraction of sp³-hybridized carbons (Fsp3) is 0.125. The summed E-state index contributed by atoms with van der Waals surface area (Å²) in [7, 11) is -3.72. The number of carbonyl (C=O) groups excluding carboxylic acids is 1. The first-order valence-corrected chi connectivity index (χ1v) is 11.6. The van der Waals surface area contributed by atoms with E-state index in [9.17, 15) is 13.2 Å². The van der Waals surface area contributed by atoms with Crippen LogP contribution in [0, 0.1) is 6.92 Å². The van der Waals surface area contributed by atoms with E-state index in [0.29, 0.717) is 22.5 Å². The molecule has 31 heavy (non-hydrogen) atoms. The fourth-order valence-electron chi connectivity index (χ4n) is 3.42. The predicted octanol–water partition coefficient (Wildman–Crippen LogP) is 4.75. The number of rotatable bonds is 6. The Morgan fingerprint density at radius 2 is 1.65 bits per heavy atom. The highest BCUT2D eigenvalue weighted by Crippen LogP contribution is 2.30. The third kappa shape index (κ3) is 4.50. The predicted molar refractivity (Wildman–Crippen MR) is 122 cm³/mol. The Morgan fingerprint density at radius 3 is 2.35 bits per heavy atom. The number of hydrogen-bond acceptors (Lipinski definition) is 3. The van der Waals surface area contributed by atoms with Crippen LogP contribution in [0.2, 0.25) is 5.02 Å². The van der Waals surface area contributed by atoms with E-state index in [0.717, 1.165) is 11.1 Å². The molecule has 0 saturated heterocycles. The van der Waals surface area contributed by atoms with Gasteiger partial charge in [-0.25, -0.2) is 8.42 Å². The summed E-state index contributed by atoms with van der Waals surface area (Å²) in [5.74, 6) is -0.213. The SMILES string of the molecule is Cc1ccc(S(=O)(=O)c2cn(CC(=O)NCc3ccc(Cl)cc3)c3ccccc23)cc1. The molecule has 1 amide bonds. The number of sulfone groups is 1. The lowest BCUT2D eigenvalue weighted by atomic mass is 10.2. The zero-order chi connectivity index (χ0) is 22.0. The molecule has 7 heteroatoms. The summed E-state index contributed by atoms with van der Waals surface area (Å²) < 4.78 is 28.2. The first kappa shape index (κ1) is 21.2. The van der Waals surface area contributed by atoms with Gasteiger partial charge >= 0.3 is 0 Å². The molecule has 0 aliphatic rings. The number of halogens is 1. The number of aryl methyl sites for hydroxylation is 1. The molecule has 0 bridgehead atoms. The Bertz CT molecular complexity index is 1340. The molecule has 4 aromatic rings. The van der Waals surface area contributed by atoms with Gasteiger partial charge < -0.3 is 9.88 Å². The molecule has 158 valence electrons. The lowest BCUT2D eigenvalue weighted by Crippen LogP contribution is -2.26. The van der Waals surface area contributed by atoms with E-state index in [1.807, 2.05) is 31.2 Å². The molecular weight excluding hydrogens is 432 g/mol. The second kappa shape index (κ2) is 8.57. The highest BCUT2D eigenvalue weighted by Gasteiger charge is 2.23. The molecule has 0 fully saturated rings. The molecular formula is C24H21ClN2O3S. The van der Waals surface area contributed by atoms with Crippen LogP contribution in [0.4, 0.5) is 0 Å². The van der Waals surface area contributed by atoms with Crippen LogP contribution >= 0.6 is 11.6 Å². The van der Waals surface area contributed by atoms with Gasteiger partial charge in [0.15, 0.2) is 0 Å². The molecule has 4 rings (SSSR count). The maximum absolute atomic E-state index is 13.3. The summed E-state index contributed by atoms with van der Waals surface area (Å²) in [6, 6.07) is 21.2. The molecule has 0 aliphatic heterocycles. The van der Waals surface area contributed by atoms with Crippen molar-refractivity contribution in [2.75, 3.05) is 0 Å². The van der Waals surface area contributed by atoms with Gasteiger partial charge in [0.25, 0.3) is 0 Å². The van der Waals surface area contributed by atoms with Crippen LogP contribution < -0.4 is 5.32 Å². The van der Waals surface area contributed by atoms with E-state index in [1.54, 1.807) is 59.3 Å². The van der Waals surface area contributed by atoms with Gasteiger partial charge in [0.2, 0.25) is 15.7 Å². The number of para-hydroxylation sites is 1. The van der Waals surface area contributed by atoms with Gasteiger partial charge in [-0.1, -0.05) is 59.6 Å². The Balaban J connectivity index is 1.61. The lowest BCUT2D eigenvalue weighted by Gasteiger charge is -2.07. The fourth-order valence-corrected chi connectivity index (χ4v) is 5.02. The minimum atomic E-state index is -3.72. The Labute approximate surface area is 186 Å². The largest absolute Gasteiger partial charge is 0.350 e.